The van der Waals surface area contributed by atoms with Crippen LogP contribution in [0.3, 0.4) is 0 Å². The highest BCUT2D eigenvalue weighted by Gasteiger charge is 2.20. The van der Waals surface area contributed by atoms with E-state index < -0.39 is 0 Å². The predicted molar refractivity (Wildman–Crippen MR) is 161 cm³/mol. The van der Waals surface area contributed by atoms with E-state index >= 15 is 0 Å². The molecule has 0 bridgehead atoms. The third kappa shape index (κ3) is 6.53. The van der Waals surface area contributed by atoms with E-state index in [9.17, 15) is 4.79 Å². The molecule has 41 heavy (non-hydrogen) atoms. The molecule has 3 heterocycles. The van der Waals surface area contributed by atoms with E-state index in [4.69, 9.17) is 10.5 Å². The molecule has 6 rings (SSSR count). The number of allylic oxidation sites excluding steroid dienone is 6. The van der Waals surface area contributed by atoms with Crippen LogP contribution in [0.25, 0.3) is 10.9 Å². The maximum atomic E-state index is 12.4. The minimum atomic E-state index is -0.0224. The standard InChI is InChI=1S/C32H33N7O2/c33-26-8-11-29-30(21-26)34-14-13-31(29)38-17-15-37(16-18-38)22-27-23-39(36-35-27)19-20-41-28-9-6-25(7-10-28)32(40)12-5-24-3-1-2-4-24/h1,3-14,21,23H,2,15-20,22,33H2/b12-5+. The van der Waals surface area contributed by atoms with Crippen LogP contribution in [0.2, 0.25) is 0 Å². The number of carbonyl (C=O) groups excluding carboxylic acids is 1. The summed E-state index contributed by atoms with van der Waals surface area (Å²) in [5, 5.41) is 9.78. The van der Waals surface area contributed by atoms with Crippen molar-refractivity contribution in [3.8, 4) is 5.75 Å². The van der Waals surface area contributed by atoms with E-state index in [-0.39, 0.29) is 5.78 Å². The fourth-order valence-electron chi connectivity index (χ4n) is 5.16. The number of benzene rings is 2. The van der Waals surface area contributed by atoms with Gasteiger partial charge in [0.15, 0.2) is 5.78 Å². The Morgan fingerprint density at radius 2 is 1.90 bits per heavy atom. The zero-order chi connectivity index (χ0) is 28.0. The molecule has 208 valence electrons. The molecule has 0 amide bonds. The van der Waals surface area contributed by atoms with Gasteiger partial charge in [-0.1, -0.05) is 29.5 Å². The van der Waals surface area contributed by atoms with Gasteiger partial charge in [0.2, 0.25) is 0 Å². The summed E-state index contributed by atoms with van der Waals surface area (Å²) in [5.74, 6) is 0.696. The van der Waals surface area contributed by atoms with Gasteiger partial charge in [-0.2, -0.15) is 0 Å². The number of nitrogen functional groups attached to an aromatic ring is 1. The number of ether oxygens (including phenoxy) is 1. The zero-order valence-electron chi connectivity index (χ0n) is 22.9. The Labute approximate surface area is 239 Å². The summed E-state index contributed by atoms with van der Waals surface area (Å²) < 4.78 is 7.69. The second kappa shape index (κ2) is 12.2. The summed E-state index contributed by atoms with van der Waals surface area (Å²) in [6.45, 7) is 5.56. The third-order valence-corrected chi connectivity index (χ3v) is 7.38. The molecule has 2 N–H and O–H groups in total. The average molecular weight is 548 g/mol. The van der Waals surface area contributed by atoms with Crippen molar-refractivity contribution in [3.05, 3.63) is 108 Å². The normalized spacial score (nSPS) is 15.6. The molecule has 1 aliphatic carbocycles. The summed E-state index contributed by atoms with van der Waals surface area (Å²) in [6, 6.07) is 15.2. The van der Waals surface area contributed by atoms with Gasteiger partial charge >= 0.3 is 0 Å². The van der Waals surface area contributed by atoms with E-state index in [0.29, 0.717) is 18.7 Å². The zero-order valence-corrected chi connectivity index (χ0v) is 22.9. The van der Waals surface area contributed by atoms with Crippen LogP contribution in [-0.2, 0) is 13.1 Å². The topological polar surface area (TPSA) is 102 Å². The van der Waals surface area contributed by atoms with E-state index in [1.165, 1.54) is 5.69 Å². The summed E-state index contributed by atoms with van der Waals surface area (Å²) in [6.07, 6.45) is 14.4. The highest BCUT2D eigenvalue weighted by atomic mass is 16.5. The van der Waals surface area contributed by atoms with Crippen LogP contribution < -0.4 is 15.4 Å². The van der Waals surface area contributed by atoms with Gasteiger partial charge in [-0.05, 0) is 66.6 Å². The van der Waals surface area contributed by atoms with Crippen LogP contribution >= 0.6 is 0 Å². The van der Waals surface area contributed by atoms with E-state index in [1.807, 2.05) is 53.5 Å². The van der Waals surface area contributed by atoms with Gasteiger partial charge in [-0.3, -0.25) is 14.7 Å². The van der Waals surface area contributed by atoms with Crippen LogP contribution in [0.1, 0.15) is 22.5 Å². The molecular weight excluding hydrogens is 514 g/mol. The summed E-state index contributed by atoms with van der Waals surface area (Å²) in [5.41, 5.74) is 11.5. The highest BCUT2D eigenvalue weighted by molar-refractivity contribution is 6.04. The van der Waals surface area contributed by atoms with Crippen molar-refractivity contribution in [1.29, 1.82) is 0 Å². The Kier molecular flexibility index (Phi) is 7.86. The summed E-state index contributed by atoms with van der Waals surface area (Å²) >= 11 is 0. The third-order valence-electron chi connectivity index (χ3n) is 7.38. The van der Waals surface area contributed by atoms with Gasteiger partial charge in [0, 0.05) is 67.4 Å². The average Bonchev–Trinajstić information content (AvgIpc) is 3.69. The quantitative estimate of drug-likeness (QED) is 0.177. The van der Waals surface area contributed by atoms with Crippen molar-refractivity contribution in [3.63, 3.8) is 0 Å². The smallest absolute Gasteiger partial charge is 0.185 e. The van der Waals surface area contributed by atoms with Gasteiger partial charge in [0.05, 0.1) is 17.8 Å². The fraction of sp³-hybridized carbons (Fsp3) is 0.250. The fourth-order valence-corrected chi connectivity index (χ4v) is 5.16. The van der Waals surface area contributed by atoms with Crippen molar-refractivity contribution in [2.75, 3.05) is 43.4 Å². The molecular formula is C32H33N7O2. The van der Waals surface area contributed by atoms with E-state index in [1.54, 1.807) is 18.2 Å². The SMILES string of the molecule is Nc1ccc2c(N3CCN(Cc4cn(CCOc5ccc(C(=O)/C=C/C6=CCC=C6)cc5)nn4)CC3)ccnc2c1. The number of pyridine rings is 1. The Bertz CT molecular complexity index is 1610. The molecule has 1 aliphatic heterocycles. The first-order valence-electron chi connectivity index (χ1n) is 13.9. The first-order chi connectivity index (χ1) is 20.1. The predicted octanol–water partition coefficient (Wildman–Crippen LogP) is 4.43. The maximum absolute atomic E-state index is 12.4. The number of hydrogen-bond acceptors (Lipinski definition) is 8. The second-order valence-electron chi connectivity index (χ2n) is 10.3. The molecule has 0 saturated carbocycles. The lowest BCUT2D eigenvalue weighted by atomic mass is 10.1. The lowest BCUT2D eigenvalue weighted by molar-refractivity contribution is 0.104. The second-order valence-corrected chi connectivity index (χ2v) is 10.3. The summed E-state index contributed by atoms with van der Waals surface area (Å²) in [7, 11) is 0. The number of nitrogens with two attached hydrogens (primary N) is 1. The number of anilines is 2. The molecule has 9 nitrogen and oxygen atoms in total. The van der Waals surface area contributed by atoms with Crippen LogP contribution in [0.4, 0.5) is 11.4 Å². The molecule has 0 atom stereocenters. The van der Waals surface area contributed by atoms with Gasteiger partial charge < -0.3 is 15.4 Å². The van der Waals surface area contributed by atoms with Crippen molar-refractivity contribution in [2.45, 2.75) is 19.5 Å². The van der Waals surface area contributed by atoms with Gasteiger partial charge in [-0.25, -0.2) is 4.68 Å². The van der Waals surface area contributed by atoms with E-state index in [2.05, 4.69) is 49.4 Å². The molecule has 0 radical (unpaired) electrons. The Morgan fingerprint density at radius 3 is 2.71 bits per heavy atom. The molecule has 0 unspecified atom stereocenters. The van der Waals surface area contributed by atoms with Gasteiger partial charge in [0.1, 0.15) is 12.4 Å². The monoisotopic (exact) mass is 547 g/mol. The van der Waals surface area contributed by atoms with Crippen molar-refractivity contribution >= 4 is 28.1 Å². The molecule has 2 aromatic heterocycles. The lowest BCUT2D eigenvalue weighted by Gasteiger charge is -2.36. The van der Waals surface area contributed by atoms with Crippen LogP contribution in [0.15, 0.2) is 96.9 Å². The Morgan fingerprint density at radius 1 is 1.05 bits per heavy atom. The van der Waals surface area contributed by atoms with Crippen molar-refractivity contribution in [2.24, 2.45) is 0 Å². The highest BCUT2D eigenvalue weighted by Crippen LogP contribution is 2.27. The number of carbonyl (C=O) groups is 1. The number of hydrogen-bond donors (Lipinski definition) is 1. The molecule has 2 aromatic carbocycles. The minimum Gasteiger partial charge on any atom is -0.492 e. The number of piperazine rings is 1. The van der Waals surface area contributed by atoms with Crippen LogP contribution in [0.5, 0.6) is 5.75 Å². The van der Waals surface area contributed by atoms with Crippen LogP contribution in [0, 0.1) is 0 Å². The number of ketones is 1. The number of rotatable bonds is 10. The maximum Gasteiger partial charge on any atom is 0.185 e. The van der Waals surface area contributed by atoms with Crippen molar-refractivity contribution in [1.82, 2.24) is 24.9 Å². The molecule has 2 aliphatic rings. The number of fused-ring (bicyclic) bond motifs is 1. The van der Waals surface area contributed by atoms with Gasteiger partial charge in [0.25, 0.3) is 0 Å². The molecule has 1 fully saturated rings. The number of nitrogens with zero attached hydrogens (tertiary/aromatic N) is 6. The first-order valence-corrected chi connectivity index (χ1v) is 13.9. The van der Waals surface area contributed by atoms with Crippen molar-refractivity contribution < 1.29 is 9.53 Å². The largest absolute Gasteiger partial charge is 0.492 e. The molecule has 0 spiro atoms. The number of aromatic nitrogens is 4. The van der Waals surface area contributed by atoms with Gasteiger partial charge in [-0.15, -0.1) is 5.10 Å². The molecule has 1 saturated heterocycles. The van der Waals surface area contributed by atoms with Crippen LogP contribution in [-0.4, -0.2) is 63.4 Å². The molecule has 4 aromatic rings. The Hall–Kier alpha value is -4.76. The summed E-state index contributed by atoms with van der Waals surface area (Å²) in [4.78, 5) is 21.7. The molecule has 9 heteroatoms. The lowest BCUT2D eigenvalue weighted by Crippen LogP contribution is -2.46. The Balaban J connectivity index is 0.949. The van der Waals surface area contributed by atoms with E-state index in [0.717, 1.165) is 72.8 Å². The first kappa shape index (κ1) is 26.5. The minimum absolute atomic E-state index is 0.0224.